The number of amides is 1. The van der Waals surface area contributed by atoms with Crippen molar-refractivity contribution in [3.63, 3.8) is 0 Å². The van der Waals surface area contributed by atoms with E-state index in [-0.39, 0.29) is 11.9 Å². The first-order chi connectivity index (χ1) is 8.56. The molecule has 1 heterocycles. The molecule has 0 radical (unpaired) electrons. The fourth-order valence-electron chi connectivity index (χ4n) is 2.54. The van der Waals surface area contributed by atoms with Crippen molar-refractivity contribution in [1.82, 2.24) is 4.90 Å². The van der Waals surface area contributed by atoms with Crippen LogP contribution in [0.1, 0.15) is 29.5 Å². The average Bonchev–Trinajstić information content (AvgIpc) is 2.74. The summed E-state index contributed by atoms with van der Waals surface area (Å²) in [6.07, 6.45) is 2.36. The Bertz CT molecular complexity index is 442. The average molecular weight is 246 g/mol. The van der Waals surface area contributed by atoms with Crippen LogP contribution in [0.3, 0.4) is 0 Å². The lowest BCUT2D eigenvalue weighted by Gasteiger charge is -2.16. The summed E-state index contributed by atoms with van der Waals surface area (Å²) in [5, 5.41) is 0. The number of nitrogens with zero attached hydrogens (tertiary/aromatic N) is 1. The molecule has 0 bridgehead atoms. The molecule has 0 saturated carbocycles. The van der Waals surface area contributed by atoms with Gasteiger partial charge in [-0.25, -0.2) is 0 Å². The lowest BCUT2D eigenvalue weighted by molar-refractivity contribution is -0.130. The molecule has 3 nitrogen and oxygen atoms in total. The molecule has 0 spiro atoms. The second-order valence-electron chi connectivity index (χ2n) is 5.32. The van der Waals surface area contributed by atoms with E-state index >= 15 is 0 Å². The first-order valence-corrected chi connectivity index (χ1v) is 6.66. The molecule has 2 rings (SSSR count). The van der Waals surface area contributed by atoms with Crippen LogP contribution in [0.15, 0.2) is 18.2 Å². The van der Waals surface area contributed by atoms with Crippen molar-refractivity contribution in [2.75, 3.05) is 13.1 Å². The number of hydrogen-bond acceptors (Lipinski definition) is 2. The summed E-state index contributed by atoms with van der Waals surface area (Å²) < 4.78 is 0. The normalized spacial score (nSPS) is 19.3. The lowest BCUT2D eigenvalue weighted by Crippen LogP contribution is -2.32. The zero-order chi connectivity index (χ0) is 13.1. The Morgan fingerprint density at radius 3 is 2.83 bits per heavy atom. The molecule has 1 aliphatic rings. The Morgan fingerprint density at radius 1 is 1.44 bits per heavy atom. The molecule has 98 valence electrons. The second kappa shape index (κ2) is 5.53. The minimum Gasteiger partial charge on any atom is -0.341 e. The summed E-state index contributed by atoms with van der Waals surface area (Å²) in [6.45, 7) is 5.75. The summed E-state index contributed by atoms with van der Waals surface area (Å²) in [6, 6.07) is 6.59. The van der Waals surface area contributed by atoms with E-state index in [9.17, 15) is 4.79 Å². The fraction of sp³-hybridized carbons (Fsp3) is 0.533. The largest absolute Gasteiger partial charge is 0.341 e. The van der Waals surface area contributed by atoms with E-state index in [1.54, 1.807) is 0 Å². The highest BCUT2D eigenvalue weighted by Gasteiger charge is 2.23. The van der Waals surface area contributed by atoms with Gasteiger partial charge >= 0.3 is 0 Å². The molecule has 1 atom stereocenters. The van der Waals surface area contributed by atoms with Crippen LogP contribution in [0.25, 0.3) is 0 Å². The SMILES string of the molecule is Cc1ccc(CCC(=O)N2CCC(N)C2)c(C)c1. The maximum absolute atomic E-state index is 12.0. The molecule has 1 aromatic carbocycles. The Balaban J connectivity index is 1.89. The number of rotatable bonds is 3. The number of likely N-dealkylation sites (tertiary alicyclic amines) is 1. The third-order valence-electron chi connectivity index (χ3n) is 3.68. The predicted molar refractivity (Wildman–Crippen MR) is 73.4 cm³/mol. The van der Waals surface area contributed by atoms with Crippen molar-refractivity contribution >= 4 is 5.91 Å². The van der Waals surface area contributed by atoms with E-state index in [2.05, 4.69) is 32.0 Å². The topological polar surface area (TPSA) is 46.3 Å². The zero-order valence-electron chi connectivity index (χ0n) is 11.3. The molecule has 1 aliphatic heterocycles. The number of carbonyl (C=O) groups excluding carboxylic acids is 1. The highest BCUT2D eigenvalue weighted by Crippen LogP contribution is 2.15. The van der Waals surface area contributed by atoms with E-state index in [0.717, 1.165) is 25.9 Å². The molecule has 1 saturated heterocycles. The lowest BCUT2D eigenvalue weighted by atomic mass is 10.0. The maximum Gasteiger partial charge on any atom is 0.222 e. The van der Waals surface area contributed by atoms with Gasteiger partial charge in [0.1, 0.15) is 0 Å². The van der Waals surface area contributed by atoms with Crippen LogP contribution in [0, 0.1) is 13.8 Å². The van der Waals surface area contributed by atoms with Crippen LogP contribution in [-0.4, -0.2) is 29.9 Å². The Morgan fingerprint density at radius 2 is 2.22 bits per heavy atom. The highest BCUT2D eigenvalue weighted by molar-refractivity contribution is 5.76. The van der Waals surface area contributed by atoms with Gasteiger partial charge in [-0.1, -0.05) is 23.8 Å². The van der Waals surface area contributed by atoms with Gasteiger partial charge in [0.25, 0.3) is 0 Å². The molecule has 0 aliphatic carbocycles. The minimum absolute atomic E-state index is 0.176. The number of aryl methyl sites for hydroxylation is 3. The molecule has 1 fully saturated rings. The maximum atomic E-state index is 12.0. The quantitative estimate of drug-likeness (QED) is 0.884. The summed E-state index contributed by atoms with van der Waals surface area (Å²) in [7, 11) is 0. The van der Waals surface area contributed by atoms with Gasteiger partial charge in [0.2, 0.25) is 5.91 Å². The molecule has 18 heavy (non-hydrogen) atoms. The number of carbonyl (C=O) groups is 1. The summed E-state index contributed by atoms with van der Waals surface area (Å²) >= 11 is 0. The van der Waals surface area contributed by atoms with Crippen molar-refractivity contribution in [3.8, 4) is 0 Å². The van der Waals surface area contributed by atoms with Crippen molar-refractivity contribution < 1.29 is 4.79 Å². The van der Waals surface area contributed by atoms with Crippen LogP contribution in [0.4, 0.5) is 0 Å². The second-order valence-corrected chi connectivity index (χ2v) is 5.32. The van der Waals surface area contributed by atoms with Crippen molar-refractivity contribution in [2.24, 2.45) is 5.73 Å². The van der Waals surface area contributed by atoms with E-state index in [4.69, 9.17) is 5.73 Å². The van der Waals surface area contributed by atoms with Crippen molar-refractivity contribution in [1.29, 1.82) is 0 Å². The first kappa shape index (κ1) is 13.1. The third-order valence-corrected chi connectivity index (χ3v) is 3.68. The Hall–Kier alpha value is -1.35. The third kappa shape index (κ3) is 3.10. The van der Waals surface area contributed by atoms with Crippen molar-refractivity contribution in [2.45, 2.75) is 39.2 Å². The van der Waals surface area contributed by atoms with Crippen molar-refractivity contribution in [3.05, 3.63) is 34.9 Å². The number of hydrogen-bond donors (Lipinski definition) is 1. The minimum atomic E-state index is 0.176. The fourth-order valence-corrected chi connectivity index (χ4v) is 2.54. The van der Waals surface area contributed by atoms with E-state index in [1.165, 1.54) is 16.7 Å². The summed E-state index contributed by atoms with van der Waals surface area (Å²) in [5.74, 6) is 0.239. The first-order valence-electron chi connectivity index (χ1n) is 6.66. The number of benzene rings is 1. The van der Waals surface area contributed by atoms with Crippen LogP contribution in [-0.2, 0) is 11.2 Å². The van der Waals surface area contributed by atoms with Crippen LogP contribution >= 0.6 is 0 Å². The molecular formula is C15H22N2O. The molecule has 0 aromatic heterocycles. The predicted octanol–water partition coefficient (Wildman–Crippen LogP) is 1.80. The number of nitrogens with two attached hydrogens (primary N) is 1. The molecule has 1 unspecified atom stereocenters. The van der Waals surface area contributed by atoms with Crippen LogP contribution in [0.2, 0.25) is 0 Å². The van der Waals surface area contributed by atoms with Gasteiger partial charge in [-0.2, -0.15) is 0 Å². The van der Waals surface area contributed by atoms with E-state index in [1.807, 2.05) is 4.90 Å². The van der Waals surface area contributed by atoms with Gasteiger partial charge in [0.15, 0.2) is 0 Å². The van der Waals surface area contributed by atoms with Gasteiger partial charge in [0.05, 0.1) is 0 Å². The molecule has 2 N–H and O–H groups in total. The van der Waals surface area contributed by atoms with Gasteiger partial charge < -0.3 is 10.6 Å². The van der Waals surface area contributed by atoms with Gasteiger partial charge in [0, 0.05) is 25.6 Å². The smallest absolute Gasteiger partial charge is 0.222 e. The van der Waals surface area contributed by atoms with Gasteiger partial charge in [-0.05, 0) is 37.8 Å². The van der Waals surface area contributed by atoms with Gasteiger partial charge in [-0.15, -0.1) is 0 Å². The Kier molecular flexibility index (Phi) is 4.02. The standard InChI is InChI=1S/C15H22N2O/c1-11-3-4-13(12(2)9-11)5-6-15(18)17-8-7-14(16)10-17/h3-4,9,14H,5-8,10,16H2,1-2H3. The van der Waals surface area contributed by atoms with E-state index in [0.29, 0.717) is 6.42 Å². The van der Waals surface area contributed by atoms with Gasteiger partial charge in [-0.3, -0.25) is 4.79 Å². The van der Waals surface area contributed by atoms with E-state index < -0.39 is 0 Å². The van der Waals surface area contributed by atoms with Crippen LogP contribution < -0.4 is 5.73 Å². The Labute approximate surface area is 109 Å². The summed E-state index contributed by atoms with van der Waals surface area (Å²) in [5.41, 5.74) is 9.64. The zero-order valence-corrected chi connectivity index (χ0v) is 11.3. The molecule has 1 amide bonds. The molecule has 3 heteroatoms. The summed E-state index contributed by atoms with van der Waals surface area (Å²) in [4.78, 5) is 13.9. The van der Waals surface area contributed by atoms with Crippen LogP contribution in [0.5, 0.6) is 0 Å². The monoisotopic (exact) mass is 246 g/mol. The molecule has 1 aromatic rings. The molecular weight excluding hydrogens is 224 g/mol. The highest BCUT2D eigenvalue weighted by atomic mass is 16.2.